The van der Waals surface area contributed by atoms with Crippen molar-refractivity contribution in [3.63, 3.8) is 0 Å². The molecule has 2 aliphatic heterocycles. The van der Waals surface area contributed by atoms with Gasteiger partial charge in [-0.15, -0.1) is 0 Å². The highest BCUT2D eigenvalue weighted by molar-refractivity contribution is 6.25. The van der Waals surface area contributed by atoms with Crippen LogP contribution in [0.5, 0.6) is 0 Å². The van der Waals surface area contributed by atoms with Crippen molar-refractivity contribution in [3.05, 3.63) is 229 Å². The Bertz CT molecular complexity index is 3740. The number of benzene rings is 9. The molecule has 69 heavy (non-hydrogen) atoms. The number of hydrogen-bond acceptors (Lipinski definition) is 4. The maximum absolute atomic E-state index is 2.52. The van der Waals surface area contributed by atoms with Crippen LogP contribution >= 0.6 is 0 Å². The molecule has 3 aliphatic carbocycles. The molecule has 2 unspecified atom stereocenters. The normalized spacial score (nSPS) is 18.4. The van der Waals surface area contributed by atoms with Gasteiger partial charge in [-0.2, -0.15) is 0 Å². The van der Waals surface area contributed by atoms with Gasteiger partial charge in [0.2, 0.25) is 0 Å². The highest BCUT2D eigenvalue weighted by atomic mass is 15.3. The average Bonchev–Trinajstić information content (AvgIpc) is 3.64. The summed E-state index contributed by atoms with van der Waals surface area (Å²) in [6.07, 6.45) is 16.2. The molecule has 0 amide bonds. The summed E-state index contributed by atoms with van der Waals surface area (Å²) in [6.45, 7) is 4.90. The summed E-state index contributed by atoms with van der Waals surface area (Å²) < 4.78 is 0. The van der Waals surface area contributed by atoms with E-state index in [1.807, 2.05) is 0 Å². The minimum absolute atomic E-state index is 0.0366. The molecular weight excluding hydrogens is 837 g/mol. The smallest absolute Gasteiger partial charge is 0.0699 e. The van der Waals surface area contributed by atoms with Crippen molar-refractivity contribution >= 4 is 77.8 Å². The maximum Gasteiger partial charge on any atom is 0.0699 e. The van der Waals surface area contributed by atoms with Gasteiger partial charge in [0.1, 0.15) is 0 Å². The molecule has 0 saturated heterocycles. The zero-order valence-electron chi connectivity index (χ0n) is 39.5. The first-order chi connectivity index (χ1) is 33.9. The third kappa shape index (κ3) is 5.69. The predicted molar refractivity (Wildman–Crippen MR) is 292 cm³/mol. The van der Waals surface area contributed by atoms with Crippen LogP contribution in [0.1, 0.15) is 43.7 Å². The molecule has 5 aliphatic rings. The van der Waals surface area contributed by atoms with Crippen LogP contribution in [0.25, 0.3) is 54.6 Å². The maximum atomic E-state index is 2.52. The van der Waals surface area contributed by atoms with Crippen LogP contribution < -0.4 is 19.6 Å². The fourth-order valence-electron chi connectivity index (χ4n) is 13.0. The summed E-state index contributed by atoms with van der Waals surface area (Å²) in [6, 6.07) is 64.2. The fourth-order valence-corrected chi connectivity index (χ4v) is 13.0. The Hall–Kier alpha value is -8.08. The summed E-state index contributed by atoms with van der Waals surface area (Å²) >= 11 is 0. The van der Waals surface area contributed by atoms with Gasteiger partial charge in [0.25, 0.3) is 0 Å². The summed E-state index contributed by atoms with van der Waals surface area (Å²) in [7, 11) is 4.42. The van der Waals surface area contributed by atoms with Gasteiger partial charge in [0.15, 0.2) is 0 Å². The van der Waals surface area contributed by atoms with Crippen LogP contribution in [-0.4, -0.2) is 14.1 Å². The summed E-state index contributed by atoms with van der Waals surface area (Å²) in [5, 5.41) is 7.48. The monoisotopic (exact) mass is 888 g/mol. The van der Waals surface area contributed by atoms with Crippen molar-refractivity contribution < 1.29 is 0 Å². The number of nitrogens with zero attached hydrogens (tertiary/aromatic N) is 4. The number of anilines is 8. The van der Waals surface area contributed by atoms with Crippen LogP contribution in [0, 0.1) is 5.92 Å². The molecule has 332 valence electrons. The van der Waals surface area contributed by atoms with Gasteiger partial charge < -0.3 is 19.6 Å². The second-order valence-corrected chi connectivity index (χ2v) is 20.1. The van der Waals surface area contributed by atoms with Gasteiger partial charge in [-0.3, -0.25) is 0 Å². The summed E-state index contributed by atoms with van der Waals surface area (Å²) in [5.41, 5.74) is 20.0. The van der Waals surface area contributed by atoms with Crippen LogP contribution in [0.3, 0.4) is 0 Å². The van der Waals surface area contributed by atoms with Gasteiger partial charge >= 0.3 is 0 Å². The van der Waals surface area contributed by atoms with E-state index in [1.165, 1.54) is 111 Å². The largest absolute Gasteiger partial charge is 0.345 e. The highest BCUT2D eigenvalue weighted by Gasteiger charge is 2.46. The van der Waals surface area contributed by atoms with Crippen LogP contribution in [0.2, 0.25) is 0 Å². The molecule has 14 rings (SSSR count). The second-order valence-electron chi connectivity index (χ2n) is 20.1. The van der Waals surface area contributed by atoms with E-state index in [9.17, 15) is 0 Å². The Morgan fingerprint density at radius 3 is 1.74 bits per heavy atom. The number of rotatable bonds is 4. The molecule has 0 fully saturated rings. The first-order valence-electron chi connectivity index (χ1n) is 24.6. The first-order valence-corrected chi connectivity index (χ1v) is 24.6. The number of hydrogen-bond donors (Lipinski definition) is 0. The van der Waals surface area contributed by atoms with Crippen molar-refractivity contribution in [3.8, 4) is 22.3 Å². The highest BCUT2D eigenvalue weighted by Crippen LogP contribution is 2.59. The van der Waals surface area contributed by atoms with Crippen molar-refractivity contribution in [1.82, 2.24) is 0 Å². The molecule has 0 aromatic heterocycles. The lowest BCUT2D eigenvalue weighted by Crippen LogP contribution is -2.32. The SMILES string of the molecule is CN1C2=C(C=CCC2)N(c2ccc3c(-c4cccc5c4C4C=CC=CC4C5(C)C)c4cc(N5c6ccccc6N(C)c6ccccc65)ccc4c(-c4cccc5ccccc45)c3c2)c2ccccc21. The number of allylic oxidation sites excluding steroid dienone is 7. The van der Waals surface area contributed by atoms with E-state index in [-0.39, 0.29) is 11.3 Å². The lowest BCUT2D eigenvalue weighted by atomic mass is 9.74. The topological polar surface area (TPSA) is 13.0 Å². The van der Waals surface area contributed by atoms with E-state index in [0.29, 0.717) is 5.92 Å². The van der Waals surface area contributed by atoms with Gasteiger partial charge in [-0.05, 0) is 157 Å². The molecule has 0 spiro atoms. The van der Waals surface area contributed by atoms with Gasteiger partial charge in [0.05, 0.1) is 39.8 Å². The molecule has 2 atom stereocenters. The van der Waals surface area contributed by atoms with Gasteiger partial charge in [-0.1, -0.05) is 153 Å². The molecule has 4 nitrogen and oxygen atoms in total. The van der Waals surface area contributed by atoms with Crippen LogP contribution in [-0.2, 0) is 5.41 Å². The molecule has 9 aromatic carbocycles. The molecular formula is C65H52N4. The van der Waals surface area contributed by atoms with Crippen molar-refractivity contribution in [1.29, 1.82) is 0 Å². The standard InChI is InChI=1S/C65H52N4/c1-65(2)52-25-8-7-22-48(52)64-49(24-18-26-53(64)65)63-47-38-36-42(68-58-31-13-9-27-54(58)66(3)55-28-10-14-32-59(55)68)39-50(47)62(45-23-17-20-41-19-5-6-21-44(41)45)46-37-35-43(40-51(46)63)69-60-33-15-11-29-56(60)67(4)57-30-12-16-34-61(57)69/h5-9,11-27,29-40,48,52H,10,28H2,1-4H3. The van der Waals surface area contributed by atoms with E-state index in [2.05, 4.69) is 254 Å². The van der Waals surface area contributed by atoms with E-state index < -0.39 is 0 Å². The molecule has 0 N–H and O–H groups in total. The van der Waals surface area contributed by atoms with Crippen molar-refractivity contribution in [2.45, 2.75) is 38.0 Å². The minimum Gasteiger partial charge on any atom is -0.345 e. The van der Waals surface area contributed by atoms with E-state index >= 15 is 0 Å². The second kappa shape index (κ2) is 15.0. The Morgan fingerprint density at radius 1 is 0.478 bits per heavy atom. The molecule has 9 aromatic rings. The lowest BCUT2D eigenvalue weighted by Gasteiger charge is -2.41. The third-order valence-corrected chi connectivity index (χ3v) is 16.2. The van der Waals surface area contributed by atoms with Crippen LogP contribution in [0.15, 0.2) is 218 Å². The zero-order chi connectivity index (χ0) is 46.1. The minimum atomic E-state index is -0.0366. The van der Waals surface area contributed by atoms with Crippen LogP contribution in [0.4, 0.5) is 45.5 Å². The molecule has 4 heteroatoms. The summed E-state index contributed by atoms with van der Waals surface area (Å²) in [4.78, 5) is 9.74. The Labute approximate surface area is 404 Å². The zero-order valence-corrected chi connectivity index (χ0v) is 39.5. The number of fused-ring (bicyclic) bond motifs is 9. The summed E-state index contributed by atoms with van der Waals surface area (Å²) in [5.74, 6) is 0.637. The van der Waals surface area contributed by atoms with E-state index in [1.54, 1.807) is 0 Å². The Kier molecular flexibility index (Phi) is 8.68. The molecule has 0 radical (unpaired) electrons. The van der Waals surface area contributed by atoms with E-state index in [4.69, 9.17) is 0 Å². The number of para-hydroxylation sites is 6. The lowest BCUT2D eigenvalue weighted by molar-refractivity contribution is 0.394. The Morgan fingerprint density at radius 2 is 1.03 bits per heavy atom. The molecule has 0 saturated carbocycles. The average molecular weight is 889 g/mol. The molecule has 0 bridgehead atoms. The quantitative estimate of drug-likeness (QED) is 0.163. The fraction of sp³-hybridized carbons (Fsp3) is 0.138. The Balaban J connectivity index is 1.13. The van der Waals surface area contributed by atoms with Crippen molar-refractivity contribution in [2.75, 3.05) is 33.7 Å². The predicted octanol–water partition coefficient (Wildman–Crippen LogP) is 17.3. The van der Waals surface area contributed by atoms with Crippen molar-refractivity contribution in [2.24, 2.45) is 5.92 Å². The van der Waals surface area contributed by atoms with E-state index in [0.717, 1.165) is 24.2 Å². The molecule has 2 heterocycles. The van der Waals surface area contributed by atoms with Gasteiger partial charge in [-0.25, -0.2) is 0 Å². The first kappa shape index (κ1) is 40.0. The third-order valence-electron chi connectivity index (χ3n) is 16.2. The van der Waals surface area contributed by atoms with Gasteiger partial charge in [0, 0.05) is 37.1 Å².